The molecule has 2 aromatic carbocycles. The fourth-order valence-corrected chi connectivity index (χ4v) is 2.87. The molecule has 2 rings (SSSR count). The van der Waals surface area contributed by atoms with Gasteiger partial charge < -0.3 is 4.74 Å². The van der Waals surface area contributed by atoms with E-state index in [9.17, 15) is 4.79 Å². The van der Waals surface area contributed by atoms with Gasteiger partial charge in [-0.3, -0.25) is 5.32 Å². The first-order chi connectivity index (χ1) is 11.6. The van der Waals surface area contributed by atoms with Crippen molar-refractivity contribution in [3.8, 4) is 5.75 Å². The predicted molar refractivity (Wildman–Crippen MR) is 100.0 cm³/mol. The highest BCUT2D eigenvalue weighted by Gasteiger charge is 2.13. The summed E-state index contributed by atoms with van der Waals surface area (Å²) in [5, 5.41) is 2.86. The number of hydrogen-bond acceptors (Lipinski definition) is 2. The Morgan fingerprint density at radius 1 is 1.00 bits per heavy atom. The molecule has 128 valence electrons. The normalized spacial score (nSPS) is 10.5. The smallest absolute Gasteiger partial charge is 0.410 e. The maximum absolute atomic E-state index is 12.3. The maximum Gasteiger partial charge on any atom is 0.417 e. The second kappa shape index (κ2) is 8.53. The fourth-order valence-electron chi connectivity index (χ4n) is 2.87. The molecule has 3 heteroatoms. The topological polar surface area (TPSA) is 38.3 Å². The van der Waals surface area contributed by atoms with Crippen LogP contribution < -0.4 is 10.1 Å². The molecule has 0 aliphatic heterocycles. The Morgan fingerprint density at radius 3 is 2.42 bits per heavy atom. The zero-order chi connectivity index (χ0) is 17.5. The van der Waals surface area contributed by atoms with Crippen LogP contribution in [0.25, 0.3) is 0 Å². The molecule has 0 unspecified atom stereocenters. The van der Waals surface area contributed by atoms with Crippen LogP contribution in [0.5, 0.6) is 5.75 Å². The average molecular weight is 325 g/mol. The van der Waals surface area contributed by atoms with Crippen LogP contribution in [0, 0.1) is 13.8 Å². The molecule has 0 atom stereocenters. The van der Waals surface area contributed by atoms with E-state index < -0.39 is 6.09 Å². The molecule has 1 amide bonds. The molecule has 0 aromatic heterocycles. The first-order valence-electron chi connectivity index (χ1n) is 8.72. The second-order valence-corrected chi connectivity index (χ2v) is 6.16. The van der Waals surface area contributed by atoms with Gasteiger partial charge in [0.05, 0.1) is 0 Å². The van der Waals surface area contributed by atoms with E-state index in [1.54, 1.807) is 0 Å². The monoisotopic (exact) mass is 325 g/mol. The van der Waals surface area contributed by atoms with Crippen molar-refractivity contribution in [3.63, 3.8) is 0 Å². The molecule has 0 aliphatic rings. The summed E-state index contributed by atoms with van der Waals surface area (Å²) in [5.41, 5.74) is 5.42. The summed E-state index contributed by atoms with van der Waals surface area (Å²) in [6.45, 7) is 8.33. The molecule has 3 nitrogen and oxygen atoms in total. The Hall–Kier alpha value is -2.29. The van der Waals surface area contributed by atoms with Gasteiger partial charge in [-0.1, -0.05) is 51.0 Å². The molecular formula is C21H27NO2. The molecule has 0 saturated heterocycles. The summed E-state index contributed by atoms with van der Waals surface area (Å²) >= 11 is 0. The molecule has 0 aliphatic carbocycles. The van der Waals surface area contributed by atoms with Crippen molar-refractivity contribution in [2.24, 2.45) is 0 Å². The van der Waals surface area contributed by atoms with Crippen LogP contribution in [-0.4, -0.2) is 6.09 Å². The predicted octanol–water partition coefficient (Wildman–Crippen LogP) is 5.82. The number of amides is 1. The minimum absolute atomic E-state index is 0.435. The SMILES string of the molecule is CCCc1cccc(OC(=O)Nc2cccc(C)c2C)c1CCC. The van der Waals surface area contributed by atoms with Gasteiger partial charge in [0.1, 0.15) is 5.75 Å². The molecule has 24 heavy (non-hydrogen) atoms. The summed E-state index contributed by atoms with van der Waals surface area (Å²) in [5.74, 6) is 0.672. The Kier molecular flexibility index (Phi) is 6.42. The number of anilines is 1. The van der Waals surface area contributed by atoms with E-state index in [1.807, 2.05) is 44.2 Å². The van der Waals surface area contributed by atoms with Crippen molar-refractivity contribution in [2.45, 2.75) is 53.4 Å². The molecule has 0 radical (unpaired) electrons. The number of nitrogens with one attached hydrogen (secondary N) is 1. The summed E-state index contributed by atoms with van der Waals surface area (Å²) in [7, 11) is 0. The van der Waals surface area contributed by atoms with Crippen LogP contribution in [0.3, 0.4) is 0 Å². The van der Waals surface area contributed by atoms with Crippen LogP contribution in [0.2, 0.25) is 0 Å². The van der Waals surface area contributed by atoms with Crippen LogP contribution in [0.15, 0.2) is 36.4 Å². The lowest BCUT2D eigenvalue weighted by molar-refractivity contribution is 0.214. The van der Waals surface area contributed by atoms with Gasteiger partial charge in [-0.05, 0) is 61.1 Å². The van der Waals surface area contributed by atoms with E-state index in [1.165, 1.54) is 5.56 Å². The van der Waals surface area contributed by atoms with Crippen molar-refractivity contribution in [3.05, 3.63) is 58.7 Å². The number of carbonyl (C=O) groups excluding carboxylic acids is 1. The quantitative estimate of drug-likeness (QED) is 0.726. The van der Waals surface area contributed by atoms with Gasteiger partial charge in [0, 0.05) is 5.69 Å². The van der Waals surface area contributed by atoms with Crippen LogP contribution in [0.4, 0.5) is 10.5 Å². The minimum atomic E-state index is -0.435. The third-order valence-electron chi connectivity index (χ3n) is 4.29. The maximum atomic E-state index is 12.3. The molecule has 0 heterocycles. The first-order valence-corrected chi connectivity index (χ1v) is 8.72. The van der Waals surface area contributed by atoms with Crippen LogP contribution in [-0.2, 0) is 12.8 Å². The number of hydrogen-bond donors (Lipinski definition) is 1. The molecular weight excluding hydrogens is 298 g/mol. The Balaban J connectivity index is 2.19. The lowest BCUT2D eigenvalue weighted by Gasteiger charge is -2.15. The van der Waals surface area contributed by atoms with Crippen molar-refractivity contribution in [2.75, 3.05) is 5.32 Å². The van der Waals surface area contributed by atoms with Crippen molar-refractivity contribution >= 4 is 11.8 Å². The Labute approximate surface area is 145 Å². The molecule has 0 fully saturated rings. The summed E-state index contributed by atoms with van der Waals surface area (Å²) < 4.78 is 5.63. The van der Waals surface area contributed by atoms with Gasteiger partial charge in [-0.25, -0.2) is 4.79 Å². The zero-order valence-electron chi connectivity index (χ0n) is 15.1. The highest BCUT2D eigenvalue weighted by atomic mass is 16.6. The third-order valence-corrected chi connectivity index (χ3v) is 4.29. The Bertz CT molecular complexity index is 707. The van der Waals surface area contributed by atoms with Gasteiger partial charge in [-0.2, -0.15) is 0 Å². The van der Waals surface area contributed by atoms with E-state index in [-0.39, 0.29) is 0 Å². The summed E-state index contributed by atoms with van der Waals surface area (Å²) in [4.78, 5) is 12.3. The highest BCUT2D eigenvalue weighted by molar-refractivity contribution is 5.87. The van der Waals surface area contributed by atoms with Gasteiger partial charge >= 0.3 is 6.09 Å². The van der Waals surface area contributed by atoms with Gasteiger partial charge in [0.2, 0.25) is 0 Å². The minimum Gasteiger partial charge on any atom is -0.410 e. The molecule has 2 aromatic rings. The summed E-state index contributed by atoms with van der Waals surface area (Å²) in [6.07, 6.45) is 3.59. The van der Waals surface area contributed by atoms with Crippen LogP contribution in [0.1, 0.15) is 48.9 Å². The van der Waals surface area contributed by atoms with E-state index in [0.717, 1.165) is 48.1 Å². The molecule has 0 spiro atoms. The standard InChI is InChI=1S/C21H27NO2/c1-5-9-17-12-8-14-20(18(17)10-6-2)24-21(23)22-19-13-7-11-15(3)16(19)4/h7-8,11-14H,5-6,9-10H2,1-4H3,(H,22,23). The van der Waals surface area contributed by atoms with Crippen LogP contribution >= 0.6 is 0 Å². The van der Waals surface area contributed by atoms with Gasteiger partial charge in [0.25, 0.3) is 0 Å². The fraction of sp³-hybridized carbons (Fsp3) is 0.381. The molecule has 1 N–H and O–H groups in total. The van der Waals surface area contributed by atoms with E-state index in [4.69, 9.17) is 4.74 Å². The number of aryl methyl sites for hydroxylation is 2. The number of ether oxygens (including phenoxy) is 1. The molecule has 0 saturated carbocycles. The van der Waals surface area contributed by atoms with Crippen molar-refractivity contribution in [1.82, 2.24) is 0 Å². The van der Waals surface area contributed by atoms with E-state index >= 15 is 0 Å². The number of rotatable bonds is 6. The van der Waals surface area contributed by atoms with E-state index in [2.05, 4.69) is 25.2 Å². The zero-order valence-corrected chi connectivity index (χ0v) is 15.1. The summed E-state index contributed by atoms with van der Waals surface area (Å²) in [6, 6.07) is 11.8. The first kappa shape index (κ1) is 18.1. The highest BCUT2D eigenvalue weighted by Crippen LogP contribution is 2.26. The lowest BCUT2D eigenvalue weighted by Crippen LogP contribution is -2.18. The number of carbonyl (C=O) groups is 1. The van der Waals surface area contributed by atoms with Gasteiger partial charge in [-0.15, -0.1) is 0 Å². The lowest BCUT2D eigenvalue weighted by atomic mass is 9.98. The van der Waals surface area contributed by atoms with Crippen molar-refractivity contribution in [1.29, 1.82) is 0 Å². The second-order valence-electron chi connectivity index (χ2n) is 6.16. The van der Waals surface area contributed by atoms with E-state index in [0.29, 0.717) is 5.75 Å². The Morgan fingerprint density at radius 2 is 1.71 bits per heavy atom. The molecule has 0 bridgehead atoms. The van der Waals surface area contributed by atoms with Crippen molar-refractivity contribution < 1.29 is 9.53 Å². The number of benzene rings is 2. The average Bonchev–Trinajstić information content (AvgIpc) is 2.55. The third kappa shape index (κ3) is 4.38. The largest absolute Gasteiger partial charge is 0.417 e. The van der Waals surface area contributed by atoms with Gasteiger partial charge in [0.15, 0.2) is 0 Å².